The van der Waals surface area contributed by atoms with Gasteiger partial charge in [-0.2, -0.15) is 0 Å². The van der Waals surface area contributed by atoms with E-state index in [0.717, 1.165) is 47.0 Å². The molecule has 192 valence electrons. The third-order valence-corrected chi connectivity index (χ3v) is 10.1. The van der Waals surface area contributed by atoms with Crippen molar-refractivity contribution in [2.24, 2.45) is 11.3 Å². The summed E-state index contributed by atoms with van der Waals surface area (Å²) in [5, 5.41) is 4.37. The number of fused-ring (bicyclic) bond motifs is 2. The van der Waals surface area contributed by atoms with Gasteiger partial charge < -0.3 is 10.1 Å². The van der Waals surface area contributed by atoms with Gasteiger partial charge in [0, 0.05) is 10.3 Å². The van der Waals surface area contributed by atoms with Crippen molar-refractivity contribution in [3.63, 3.8) is 0 Å². The molecule has 37 heavy (non-hydrogen) atoms. The highest BCUT2D eigenvalue weighted by Crippen LogP contribution is 2.46. The first-order chi connectivity index (χ1) is 17.7. The number of thiophene rings is 2. The van der Waals surface area contributed by atoms with Crippen LogP contribution in [0.2, 0.25) is 4.34 Å². The van der Waals surface area contributed by atoms with Crippen LogP contribution in [0.3, 0.4) is 0 Å². The van der Waals surface area contributed by atoms with Crippen LogP contribution in [-0.4, -0.2) is 24.0 Å². The quantitative estimate of drug-likeness (QED) is 0.244. The standard InChI is InChI=1S/C29H29ClN2O3S2/c1-5-29(2,3)16-10-11-18-23(14-16)37-27(25(18)28(34)35-4)32-26(33)19-15-21(22-12-13-24(30)36-22)31-20-9-7-6-8-17(19)20/h6-9,12-13,15-16H,5,10-11,14H2,1-4H3,(H,32,33). The maximum atomic E-state index is 13.8. The monoisotopic (exact) mass is 552 g/mol. The van der Waals surface area contributed by atoms with Gasteiger partial charge in [-0.25, -0.2) is 9.78 Å². The first-order valence-electron chi connectivity index (χ1n) is 12.4. The van der Waals surface area contributed by atoms with Crippen molar-refractivity contribution in [2.75, 3.05) is 12.4 Å². The summed E-state index contributed by atoms with van der Waals surface area (Å²) in [5.41, 5.74) is 3.63. The fourth-order valence-corrected chi connectivity index (χ4v) is 7.37. The van der Waals surface area contributed by atoms with Crippen LogP contribution in [0.4, 0.5) is 5.00 Å². The molecule has 8 heteroatoms. The highest BCUT2D eigenvalue weighted by molar-refractivity contribution is 7.19. The summed E-state index contributed by atoms with van der Waals surface area (Å²) in [7, 11) is 1.39. The van der Waals surface area contributed by atoms with E-state index in [0.29, 0.717) is 32.1 Å². The average molecular weight is 553 g/mol. The largest absolute Gasteiger partial charge is 0.465 e. The normalized spacial score (nSPS) is 15.4. The molecule has 0 aliphatic heterocycles. The number of halogens is 1. The molecule has 1 atom stereocenters. The van der Waals surface area contributed by atoms with Gasteiger partial charge in [0.1, 0.15) is 5.00 Å². The number of amides is 1. The minimum atomic E-state index is -0.408. The highest BCUT2D eigenvalue weighted by Gasteiger charge is 2.35. The zero-order valence-corrected chi connectivity index (χ0v) is 23.7. The maximum absolute atomic E-state index is 13.8. The zero-order valence-electron chi connectivity index (χ0n) is 21.3. The highest BCUT2D eigenvalue weighted by atomic mass is 35.5. The smallest absolute Gasteiger partial charge is 0.341 e. The fraction of sp³-hybridized carbons (Fsp3) is 0.345. The molecule has 0 saturated carbocycles. The summed E-state index contributed by atoms with van der Waals surface area (Å²) in [4.78, 5) is 33.5. The fourth-order valence-electron chi connectivity index (χ4n) is 5.06. The van der Waals surface area contributed by atoms with Gasteiger partial charge >= 0.3 is 5.97 Å². The predicted molar refractivity (Wildman–Crippen MR) is 153 cm³/mol. The number of methoxy groups -OCH3 is 1. The molecule has 1 aliphatic carbocycles. The predicted octanol–water partition coefficient (Wildman–Crippen LogP) is 8.26. The van der Waals surface area contributed by atoms with E-state index in [2.05, 4.69) is 26.1 Å². The second-order valence-corrected chi connectivity index (χ2v) is 12.9. The van der Waals surface area contributed by atoms with Crippen molar-refractivity contribution in [3.05, 3.63) is 68.4 Å². The maximum Gasteiger partial charge on any atom is 0.341 e. The molecule has 3 heterocycles. The molecule has 0 fully saturated rings. The number of anilines is 1. The van der Waals surface area contributed by atoms with E-state index in [1.165, 1.54) is 34.7 Å². The number of para-hydroxylation sites is 1. The molecule has 0 bridgehead atoms. The Morgan fingerprint density at radius 1 is 1.19 bits per heavy atom. The molecule has 1 amide bonds. The lowest BCUT2D eigenvalue weighted by Gasteiger charge is -2.36. The molecule has 3 aromatic heterocycles. The van der Waals surface area contributed by atoms with Gasteiger partial charge in [-0.15, -0.1) is 22.7 Å². The summed E-state index contributed by atoms with van der Waals surface area (Å²) < 4.78 is 5.81. The van der Waals surface area contributed by atoms with Crippen LogP contribution < -0.4 is 5.32 Å². The van der Waals surface area contributed by atoms with Gasteiger partial charge in [-0.3, -0.25) is 4.79 Å². The Bertz CT molecular complexity index is 1500. The first kappa shape index (κ1) is 25.9. The lowest BCUT2D eigenvalue weighted by Crippen LogP contribution is -2.28. The van der Waals surface area contributed by atoms with Crippen LogP contribution in [0.15, 0.2) is 42.5 Å². The Hall–Kier alpha value is -2.74. The van der Waals surface area contributed by atoms with E-state index < -0.39 is 5.97 Å². The number of hydrogen-bond donors (Lipinski definition) is 1. The number of ether oxygens (including phenoxy) is 1. The number of carbonyl (C=O) groups excluding carboxylic acids is 2. The van der Waals surface area contributed by atoms with E-state index in [1.54, 1.807) is 6.07 Å². The van der Waals surface area contributed by atoms with Crippen LogP contribution in [0.25, 0.3) is 21.5 Å². The lowest BCUT2D eigenvalue weighted by molar-refractivity contribution is 0.0600. The summed E-state index contributed by atoms with van der Waals surface area (Å²) in [5.74, 6) is -0.159. The summed E-state index contributed by atoms with van der Waals surface area (Å²) in [6, 6.07) is 13.1. The Balaban J connectivity index is 1.55. The number of esters is 1. The molecular formula is C29H29ClN2O3S2. The second-order valence-electron chi connectivity index (χ2n) is 10.1. The number of hydrogen-bond acceptors (Lipinski definition) is 6. The Kier molecular flexibility index (Phi) is 7.14. The van der Waals surface area contributed by atoms with Gasteiger partial charge in [-0.1, -0.05) is 57.0 Å². The van der Waals surface area contributed by atoms with E-state index in [1.807, 2.05) is 36.4 Å². The zero-order chi connectivity index (χ0) is 26.3. The van der Waals surface area contributed by atoms with E-state index in [9.17, 15) is 9.59 Å². The van der Waals surface area contributed by atoms with Crippen molar-refractivity contribution < 1.29 is 14.3 Å². The number of nitrogens with one attached hydrogen (secondary N) is 1. The second kappa shape index (κ2) is 10.2. The van der Waals surface area contributed by atoms with Crippen LogP contribution in [-0.2, 0) is 17.6 Å². The summed E-state index contributed by atoms with van der Waals surface area (Å²) in [6.07, 6.45) is 3.83. The molecule has 0 saturated heterocycles. The molecule has 1 unspecified atom stereocenters. The van der Waals surface area contributed by atoms with E-state index >= 15 is 0 Å². The van der Waals surface area contributed by atoms with Crippen LogP contribution in [0.1, 0.15) is 64.8 Å². The molecule has 5 nitrogen and oxygen atoms in total. The van der Waals surface area contributed by atoms with E-state index in [4.69, 9.17) is 21.3 Å². The van der Waals surface area contributed by atoms with E-state index in [-0.39, 0.29) is 11.3 Å². The molecule has 1 aromatic carbocycles. The molecule has 0 spiro atoms. The topological polar surface area (TPSA) is 68.3 Å². The third kappa shape index (κ3) is 4.92. The molecule has 1 aliphatic rings. The van der Waals surface area contributed by atoms with Crippen molar-refractivity contribution >= 4 is 62.1 Å². The molecule has 5 rings (SSSR count). The molecular weight excluding hydrogens is 524 g/mol. The van der Waals surface area contributed by atoms with Crippen LogP contribution in [0.5, 0.6) is 0 Å². The van der Waals surface area contributed by atoms with Crippen molar-refractivity contribution in [1.29, 1.82) is 0 Å². The molecule has 0 radical (unpaired) electrons. The van der Waals surface area contributed by atoms with Gasteiger partial charge in [-0.05, 0) is 60.4 Å². The molecule has 4 aromatic rings. The Morgan fingerprint density at radius 3 is 2.68 bits per heavy atom. The van der Waals surface area contributed by atoms with Crippen molar-refractivity contribution in [2.45, 2.75) is 46.5 Å². The number of rotatable bonds is 6. The van der Waals surface area contributed by atoms with Gasteiger partial charge in [0.05, 0.1) is 38.7 Å². The lowest BCUT2D eigenvalue weighted by atomic mass is 9.69. The number of benzene rings is 1. The molecule has 1 N–H and O–H groups in total. The SMILES string of the molecule is CCC(C)(C)C1CCc2c(sc(NC(=O)c3cc(-c4ccc(Cl)s4)nc4ccccc34)c2C(=O)OC)C1. The van der Waals surface area contributed by atoms with Gasteiger partial charge in [0.2, 0.25) is 0 Å². The minimum absolute atomic E-state index is 0.216. The van der Waals surface area contributed by atoms with Crippen molar-refractivity contribution in [1.82, 2.24) is 4.98 Å². The number of aromatic nitrogens is 1. The Labute approximate surface area is 229 Å². The van der Waals surface area contributed by atoms with Crippen molar-refractivity contribution in [3.8, 4) is 10.6 Å². The van der Waals surface area contributed by atoms with Crippen LogP contribution in [0, 0.1) is 11.3 Å². The average Bonchev–Trinajstić information content (AvgIpc) is 3.50. The minimum Gasteiger partial charge on any atom is -0.465 e. The van der Waals surface area contributed by atoms with Gasteiger partial charge in [0.15, 0.2) is 0 Å². The third-order valence-electron chi connectivity index (χ3n) is 7.68. The number of carbonyl (C=O) groups is 2. The number of nitrogens with zero attached hydrogens (tertiary/aromatic N) is 1. The van der Waals surface area contributed by atoms with Crippen LogP contribution >= 0.6 is 34.3 Å². The number of pyridine rings is 1. The van der Waals surface area contributed by atoms with Gasteiger partial charge in [0.25, 0.3) is 5.91 Å². The summed E-state index contributed by atoms with van der Waals surface area (Å²) in [6.45, 7) is 6.85. The summed E-state index contributed by atoms with van der Waals surface area (Å²) >= 11 is 9.09. The first-order valence-corrected chi connectivity index (χ1v) is 14.4. The Morgan fingerprint density at radius 2 is 1.97 bits per heavy atom.